The standard InChI is InChI=1S/C22H28ClN3O5S/c1-17(4-7-19-3-2-16-31-19)24-21(27)10-11-22(28)25-12-14-26(15-13-25)32(29,30)20-8-5-18(23)6-9-20/h2-3,5-6,8-9,16-17H,4,7,10-15H2,1H3,(H,24,27). The summed E-state index contributed by atoms with van der Waals surface area (Å²) in [5.41, 5.74) is 0. The number of nitrogens with zero attached hydrogens (tertiary/aromatic N) is 2. The maximum Gasteiger partial charge on any atom is 0.243 e. The van der Waals surface area contributed by atoms with Gasteiger partial charge in [-0.25, -0.2) is 8.42 Å². The monoisotopic (exact) mass is 481 g/mol. The number of rotatable bonds is 9. The van der Waals surface area contributed by atoms with Crippen LogP contribution in [0.1, 0.15) is 31.9 Å². The summed E-state index contributed by atoms with van der Waals surface area (Å²) < 4.78 is 32.1. The number of piperazine rings is 1. The van der Waals surface area contributed by atoms with Crippen molar-refractivity contribution in [3.05, 3.63) is 53.4 Å². The summed E-state index contributed by atoms with van der Waals surface area (Å²) in [5.74, 6) is 0.555. The van der Waals surface area contributed by atoms with Crippen molar-refractivity contribution in [2.75, 3.05) is 26.2 Å². The fourth-order valence-corrected chi connectivity index (χ4v) is 5.09. The van der Waals surface area contributed by atoms with Gasteiger partial charge in [-0.2, -0.15) is 4.31 Å². The van der Waals surface area contributed by atoms with Gasteiger partial charge in [0.25, 0.3) is 0 Å². The Morgan fingerprint density at radius 2 is 1.78 bits per heavy atom. The molecule has 174 valence electrons. The molecule has 32 heavy (non-hydrogen) atoms. The number of carbonyl (C=O) groups excluding carboxylic acids is 2. The third-order valence-electron chi connectivity index (χ3n) is 5.42. The van der Waals surface area contributed by atoms with Crippen LogP contribution in [0.25, 0.3) is 0 Å². The molecule has 0 radical (unpaired) electrons. The highest BCUT2D eigenvalue weighted by molar-refractivity contribution is 7.89. The zero-order chi connectivity index (χ0) is 23.1. The SMILES string of the molecule is CC(CCc1ccco1)NC(=O)CCC(=O)N1CCN(S(=O)(=O)c2ccc(Cl)cc2)CC1. The van der Waals surface area contributed by atoms with Crippen molar-refractivity contribution in [2.24, 2.45) is 0 Å². The van der Waals surface area contributed by atoms with E-state index in [1.54, 1.807) is 11.2 Å². The highest BCUT2D eigenvalue weighted by Crippen LogP contribution is 2.20. The summed E-state index contributed by atoms with van der Waals surface area (Å²) in [7, 11) is -3.62. The van der Waals surface area contributed by atoms with E-state index < -0.39 is 10.0 Å². The summed E-state index contributed by atoms with van der Waals surface area (Å²) in [6.07, 6.45) is 3.30. The van der Waals surface area contributed by atoms with E-state index in [-0.39, 0.29) is 48.7 Å². The molecule has 0 saturated carbocycles. The predicted molar refractivity (Wildman–Crippen MR) is 121 cm³/mol. The van der Waals surface area contributed by atoms with E-state index in [1.807, 2.05) is 19.1 Å². The lowest BCUT2D eigenvalue weighted by Gasteiger charge is -2.34. The van der Waals surface area contributed by atoms with Crippen LogP contribution in [0.2, 0.25) is 5.02 Å². The van der Waals surface area contributed by atoms with Crippen LogP contribution in [0.3, 0.4) is 0 Å². The molecule has 1 aliphatic heterocycles. The van der Waals surface area contributed by atoms with Crippen molar-refractivity contribution in [2.45, 2.75) is 43.5 Å². The number of amides is 2. The highest BCUT2D eigenvalue weighted by Gasteiger charge is 2.30. The number of benzene rings is 1. The molecule has 1 unspecified atom stereocenters. The van der Waals surface area contributed by atoms with Crippen molar-refractivity contribution in [3.8, 4) is 0 Å². The normalized spacial score (nSPS) is 16.0. The number of halogens is 1. The summed E-state index contributed by atoms with van der Waals surface area (Å²) in [5, 5.41) is 3.37. The van der Waals surface area contributed by atoms with Gasteiger partial charge in [-0.15, -0.1) is 0 Å². The first-order valence-electron chi connectivity index (χ1n) is 10.6. The first kappa shape index (κ1) is 24.3. The van der Waals surface area contributed by atoms with E-state index in [0.717, 1.165) is 18.6 Å². The fraction of sp³-hybridized carbons (Fsp3) is 0.455. The fourth-order valence-electron chi connectivity index (χ4n) is 3.54. The smallest absolute Gasteiger partial charge is 0.243 e. The third kappa shape index (κ3) is 6.57. The molecule has 1 fully saturated rings. The molecule has 0 bridgehead atoms. The van der Waals surface area contributed by atoms with Crippen LogP contribution in [0.15, 0.2) is 52.0 Å². The van der Waals surface area contributed by atoms with E-state index in [4.69, 9.17) is 16.0 Å². The maximum atomic E-state index is 12.7. The second-order valence-corrected chi connectivity index (χ2v) is 10.2. The van der Waals surface area contributed by atoms with Crippen molar-refractivity contribution < 1.29 is 22.4 Å². The van der Waals surface area contributed by atoms with Gasteiger partial charge >= 0.3 is 0 Å². The molecule has 1 saturated heterocycles. The zero-order valence-electron chi connectivity index (χ0n) is 18.0. The number of hydrogen-bond donors (Lipinski definition) is 1. The number of carbonyl (C=O) groups is 2. The number of aryl methyl sites for hydroxylation is 1. The van der Waals surface area contributed by atoms with Crippen LogP contribution in [0, 0.1) is 0 Å². The van der Waals surface area contributed by atoms with Gasteiger partial charge in [0.2, 0.25) is 21.8 Å². The van der Waals surface area contributed by atoms with Gasteiger partial charge < -0.3 is 14.6 Å². The number of nitrogens with one attached hydrogen (secondary N) is 1. The van der Waals surface area contributed by atoms with E-state index >= 15 is 0 Å². The first-order chi connectivity index (χ1) is 15.3. The Bertz CT molecular complexity index is 1000. The van der Waals surface area contributed by atoms with Crippen LogP contribution in [-0.2, 0) is 26.0 Å². The molecule has 1 aromatic carbocycles. The van der Waals surface area contributed by atoms with E-state index in [0.29, 0.717) is 18.1 Å². The lowest BCUT2D eigenvalue weighted by Crippen LogP contribution is -2.50. The van der Waals surface area contributed by atoms with Crippen LogP contribution < -0.4 is 5.32 Å². The number of furan rings is 1. The molecule has 1 atom stereocenters. The lowest BCUT2D eigenvalue weighted by molar-refractivity contribution is -0.134. The van der Waals surface area contributed by atoms with Crippen LogP contribution in [-0.4, -0.2) is 61.7 Å². The first-order valence-corrected chi connectivity index (χ1v) is 12.4. The summed E-state index contributed by atoms with van der Waals surface area (Å²) in [6.45, 7) is 2.95. The zero-order valence-corrected chi connectivity index (χ0v) is 19.6. The molecule has 8 nitrogen and oxygen atoms in total. The molecule has 2 heterocycles. The molecule has 0 aliphatic carbocycles. The van der Waals surface area contributed by atoms with Gasteiger partial charge in [0.05, 0.1) is 11.2 Å². The molecular formula is C22H28ClN3O5S. The second-order valence-electron chi connectivity index (χ2n) is 7.83. The Hall–Kier alpha value is -2.36. The Kier molecular flexibility index (Phi) is 8.33. The molecule has 2 amide bonds. The average molecular weight is 482 g/mol. The van der Waals surface area contributed by atoms with Gasteiger partial charge in [0.15, 0.2) is 0 Å². The van der Waals surface area contributed by atoms with E-state index in [1.165, 1.54) is 28.6 Å². The Balaban J connectivity index is 1.39. The lowest BCUT2D eigenvalue weighted by atomic mass is 10.1. The van der Waals surface area contributed by atoms with E-state index in [2.05, 4.69) is 5.32 Å². The molecular weight excluding hydrogens is 454 g/mol. The molecule has 1 aliphatic rings. The summed E-state index contributed by atoms with van der Waals surface area (Å²) in [6, 6.07) is 9.73. The second kappa shape index (κ2) is 11.0. The van der Waals surface area contributed by atoms with Crippen LogP contribution >= 0.6 is 11.6 Å². The molecule has 2 aromatic rings. The molecule has 3 rings (SSSR count). The molecule has 10 heteroatoms. The summed E-state index contributed by atoms with van der Waals surface area (Å²) >= 11 is 5.83. The van der Waals surface area contributed by atoms with Gasteiger partial charge in [-0.3, -0.25) is 9.59 Å². The Morgan fingerprint density at radius 3 is 2.41 bits per heavy atom. The van der Waals surface area contributed by atoms with Gasteiger partial charge in [0.1, 0.15) is 5.76 Å². The number of hydrogen-bond acceptors (Lipinski definition) is 5. The minimum atomic E-state index is -3.62. The molecule has 0 spiro atoms. The van der Waals surface area contributed by atoms with E-state index in [9.17, 15) is 18.0 Å². The maximum absolute atomic E-state index is 12.7. The highest BCUT2D eigenvalue weighted by atomic mass is 35.5. The van der Waals surface area contributed by atoms with Crippen molar-refractivity contribution in [3.63, 3.8) is 0 Å². The molecule has 1 aromatic heterocycles. The largest absolute Gasteiger partial charge is 0.469 e. The quantitative estimate of drug-likeness (QED) is 0.593. The third-order valence-corrected chi connectivity index (χ3v) is 7.58. The minimum Gasteiger partial charge on any atom is -0.469 e. The van der Waals surface area contributed by atoms with Crippen molar-refractivity contribution >= 4 is 33.4 Å². The Morgan fingerprint density at radius 1 is 1.09 bits per heavy atom. The minimum absolute atomic E-state index is 0.0238. The van der Waals surface area contributed by atoms with Crippen LogP contribution in [0.4, 0.5) is 0 Å². The van der Waals surface area contributed by atoms with Crippen LogP contribution in [0.5, 0.6) is 0 Å². The topological polar surface area (TPSA) is 99.9 Å². The van der Waals surface area contributed by atoms with Gasteiger partial charge in [-0.1, -0.05) is 11.6 Å². The number of sulfonamides is 1. The predicted octanol–water partition coefficient (Wildman–Crippen LogP) is 2.68. The van der Waals surface area contributed by atoms with Gasteiger partial charge in [-0.05, 0) is 49.7 Å². The average Bonchev–Trinajstić information content (AvgIpc) is 3.30. The van der Waals surface area contributed by atoms with Crippen molar-refractivity contribution in [1.82, 2.24) is 14.5 Å². The molecule has 1 N–H and O–H groups in total. The Labute approximate surface area is 193 Å². The summed E-state index contributed by atoms with van der Waals surface area (Å²) in [4.78, 5) is 26.4. The van der Waals surface area contributed by atoms with Crippen molar-refractivity contribution in [1.29, 1.82) is 0 Å². The van der Waals surface area contributed by atoms with Gasteiger partial charge in [0, 0.05) is 56.5 Å².